The first kappa shape index (κ1) is 22.6. The van der Waals surface area contributed by atoms with Gasteiger partial charge < -0.3 is 0 Å². The second-order valence-electron chi connectivity index (χ2n) is 7.95. The first-order chi connectivity index (χ1) is 15.1. The molecular weight excluding hydrogens is 489 g/mol. The molecular formula is C23H20AsF4NO3. The molecule has 0 aliphatic heterocycles. The number of carboxylic acid groups (broad SMARTS) is 1. The fraction of sp³-hybridized carbons (Fsp3) is 0.304. The van der Waals surface area contributed by atoms with Gasteiger partial charge in [-0.25, -0.2) is 0 Å². The maximum atomic E-state index is 13.9. The average Bonchev–Trinajstić information content (AvgIpc) is 2.99. The van der Waals surface area contributed by atoms with Crippen molar-refractivity contribution in [2.45, 2.75) is 43.1 Å². The van der Waals surface area contributed by atoms with E-state index in [0.717, 1.165) is 23.4 Å². The first-order valence-corrected chi connectivity index (χ1v) is 12.3. The molecule has 9 heteroatoms. The SMILES string of the molecule is O=C(O)Cn1c2c(c3cc(F)ccc31)CC([AsH]C(=O)Cc1cccc(C(F)(F)F)c1)CC2. The van der Waals surface area contributed by atoms with Gasteiger partial charge in [-0.1, -0.05) is 0 Å². The summed E-state index contributed by atoms with van der Waals surface area (Å²) >= 11 is -1.12. The summed E-state index contributed by atoms with van der Waals surface area (Å²) in [6, 6.07) is 9.13. The average molecular weight is 509 g/mol. The summed E-state index contributed by atoms with van der Waals surface area (Å²) < 4.78 is 54.4. The van der Waals surface area contributed by atoms with Crippen LogP contribution >= 0.6 is 0 Å². The molecule has 0 saturated carbocycles. The van der Waals surface area contributed by atoms with Crippen LogP contribution in [0.3, 0.4) is 0 Å². The van der Waals surface area contributed by atoms with Crippen LogP contribution in [0.1, 0.15) is 28.8 Å². The number of benzene rings is 2. The molecule has 4 rings (SSSR count). The van der Waals surface area contributed by atoms with Gasteiger partial charge in [0.1, 0.15) is 0 Å². The number of aliphatic carboxylic acids is 1. The number of hydrogen-bond acceptors (Lipinski definition) is 2. The van der Waals surface area contributed by atoms with Gasteiger partial charge in [-0.2, -0.15) is 0 Å². The standard InChI is InChI=1S/C23H20AsF4NO3/c25-16-5-7-20-18(11-16)17-10-15(4-6-19(17)29(20)12-22(31)32)24-21(30)9-13-2-1-3-14(8-13)23(26,27)28/h1-3,5,7-8,11,15,24H,4,6,9-10,12H2,(H,31,32). The normalized spacial score (nSPS) is 16.6. The number of rotatable bonds is 6. The number of fused-ring (bicyclic) bond motifs is 3. The quantitative estimate of drug-likeness (QED) is 0.397. The minimum absolute atomic E-state index is 0.0251. The molecule has 1 aliphatic rings. The summed E-state index contributed by atoms with van der Waals surface area (Å²) in [5, 5.41) is 9.95. The van der Waals surface area contributed by atoms with Gasteiger partial charge in [-0.05, 0) is 0 Å². The zero-order valence-corrected chi connectivity index (χ0v) is 19.0. The molecule has 0 fully saturated rings. The maximum absolute atomic E-state index is 13.9. The molecule has 32 heavy (non-hydrogen) atoms. The van der Waals surface area contributed by atoms with E-state index in [4.69, 9.17) is 0 Å². The summed E-state index contributed by atoms with van der Waals surface area (Å²) in [6.07, 6.45) is -2.63. The third kappa shape index (κ3) is 4.75. The molecule has 0 radical (unpaired) electrons. The van der Waals surface area contributed by atoms with E-state index in [0.29, 0.717) is 35.7 Å². The summed E-state index contributed by atoms with van der Waals surface area (Å²) in [6.45, 7) is -0.215. The fourth-order valence-electron chi connectivity index (χ4n) is 4.38. The van der Waals surface area contributed by atoms with Crippen LogP contribution in [0.4, 0.5) is 17.6 Å². The van der Waals surface area contributed by atoms with Crippen molar-refractivity contribution < 1.29 is 32.3 Å². The predicted octanol–water partition coefficient (Wildman–Crippen LogP) is 4.37. The van der Waals surface area contributed by atoms with E-state index in [1.54, 1.807) is 10.6 Å². The van der Waals surface area contributed by atoms with Gasteiger partial charge >= 0.3 is 188 Å². The van der Waals surface area contributed by atoms with E-state index in [-0.39, 0.29) is 22.2 Å². The Morgan fingerprint density at radius 3 is 2.66 bits per heavy atom. The van der Waals surface area contributed by atoms with Crippen LogP contribution in [0.15, 0.2) is 42.5 Å². The molecule has 0 bridgehead atoms. The van der Waals surface area contributed by atoms with E-state index in [1.807, 2.05) is 0 Å². The van der Waals surface area contributed by atoms with E-state index in [1.165, 1.54) is 24.3 Å². The number of alkyl halides is 3. The van der Waals surface area contributed by atoms with Crippen molar-refractivity contribution in [1.29, 1.82) is 0 Å². The van der Waals surface area contributed by atoms with Gasteiger partial charge in [-0.3, -0.25) is 0 Å². The molecule has 2 aromatic carbocycles. The van der Waals surface area contributed by atoms with Gasteiger partial charge in [0.2, 0.25) is 0 Å². The number of carboxylic acids is 1. The summed E-state index contributed by atoms with van der Waals surface area (Å²) in [5.74, 6) is -1.40. The monoisotopic (exact) mass is 509 g/mol. The Balaban J connectivity index is 1.52. The Kier molecular flexibility index (Phi) is 6.17. The Hall–Kier alpha value is -2.60. The van der Waals surface area contributed by atoms with Crippen molar-refractivity contribution in [2.24, 2.45) is 0 Å². The second kappa shape index (κ2) is 8.74. The van der Waals surface area contributed by atoms with Crippen LogP contribution < -0.4 is 0 Å². The summed E-state index contributed by atoms with van der Waals surface area (Å²) in [5.41, 5.74) is 1.99. The van der Waals surface area contributed by atoms with E-state index in [2.05, 4.69) is 0 Å². The molecule has 1 N–H and O–H groups in total. The minimum atomic E-state index is -4.45. The summed E-state index contributed by atoms with van der Waals surface area (Å²) in [7, 11) is 0. The number of carbonyl (C=O) groups is 2. The van der Waals surface area contributed by atoms with Crippen molar-refractivity contribution in [2.75, 3.05) is 0 Å². The molecule has 2 atom stereocenters. The Labute approximate surface area is 187 Å². The predicted molar refractivity (Wildman–Crippen MR) is 113 cm³/mol. The van der Waals surface area contributed by atoms with Gasteiger partial charge in [0.15, 0.2) is 0 Å². The molecule has 3 aromatic rings. The Morgan fingerprint density at radius 1 is 1.16 bits per heavy atom. The second-order valence-corrected chi connectivity index (χ2v) is 11.4. The third-order valence-electron chi connectivity index (χ3n) is 5.71. The van der Waals surface area contributed by atoms with Crippen LogP contribution in [0, 0.1) is 5.82 Å². The zero-order chi connectivity index (χ0) is 23.0. The molecule has 0 spiro atoms. The van der Waals surface area contributed by atoms with Crippen molar-refractivity contribution in [3.05, 3.63) is 70.7 Å². The topological polar surface area (TPSA) is 59.3 Å². The van der Waals surface area contributed by atoms with Crippen LogP contribution in [-0.2, 0) is 41.6 Å². The number of carbonyl (C=O) groups excluding carboxylic acids is 1. The molecule has 1 aliphatic carbocycles. The van der Waals surface area contributed by atoms with Gasteiger partial charge in [0, 0.05) is 0 Å². The van der Waals surface area contributed by atoms with Crippen LogP contribution in [0.25, 0.3) is 10.9 Å². The summed E-state index contributed by atoms with van der Waals surface area (Å²) in [4.78, 5) is 24.0. The molecule has 1 heterocycles. The molecule has 4 nitrogen and oxygen atoms in total. The number of nitrogens with zero attached hydrogens (tertiary/aromatic N) is 1. The third-order valence-corrected chi connectivity index (χ3v) is 8.64. The van der Waals surface area contributed by atoms with Crippen molar-refractivity contribution in [1.82, 2.24) is 4.57 Å². The van der Waals surface area contributed by atoms with E-state index < -0.39 is 39.3 Å². The molecule has 0 amide bonds. The van der Waals surface area contributed by atoms with Crippen LogP contribution in [-0.4, -0.2) is 36.0 Å². The van der Waals surface area contributed by atoms with Gasteiger partial charge in [0.05, 0.1) is 0 Å². The molecule has 0 saturated heterocycles. The van der Waals surface area contributed by atoms with Crippen LogP contribution in [0.2, 0.25) is 4.71 Å². The zero-order valence-electron chi connectivity index (χ0n) is 16.9. The van der Waals surface area contributed by atoms with Crippen LogP contribution in [0.5, 0.6) is 0 Å². The first-order valence-electron chi connectivity index (χ1n) is 10.1. The van der Waals surface area contributed by atoms with Crippen molar-refractivity contribution in [3.63, 3.8) is 0 Å². The van der Waals surface area contributed by atoms with Crippen molar-refractivity contribution in [3.8, 4) is 0 Å². The number of halogens is 4. The fourth-order valence-corrected chi connectivity index (χ4v) is 7.23. The molecule has 168 valence electrons. The van der Waals surface area contributed by atoms with Crippen molar-refractivity contribution >= 4 is 37.2 Å². The number of aromatic nitrogens is 1. The van der Waals surface area contributed by atoms with Gasteiger partial charge in [-0.15, -0.1) is 0 Å². The Bertz CT molecular complexity index is 1200. The number of hydrogen-bond donors (Lipinski definition) is 1. The van der Waals surface area contributed by atoms with Gasteiger partial charge in [0.25, 0.3) is 0 Å². The molecule has 2 unspecified atom stereocenters. The Morgan fingerprint density at radius 2 is 1.94 bits per heavy atom. The van der Waals surface area contributed by atoms with E-state index in [9.17, 15) is 32.3 Å². The molecule has 1 aromatic heterocycles. The van der Waals surface area contributed by atoms with E-state index >= 15 is 0 Å².